The van der Waals surface area contributed by atoms with Crippen LogP contribution in [0.5, 0.6) is 0 Å². The summed E-state index contributed by atoms with van der Waals surface area (Å²) in [6.45, 7) is 1.94. The van der Waals surface area contributed by atoms with Crippen LogP contribution in [-0.2, 0) is 9.84 Å². The lowest BCUT2D eigenvalue weighted by Crippen LogP contribution is -2.32. The molecule has 1 aliphatic heterocycles. The Balaban J connectivity index is 1.94. The van der Waals surface area contributed by atoms with Crippen LogP contribution in [0.3, 0.4) is 0 Å². The number of hydrogen-bond acceptors (Lipinski definition) is 5. The summed E-state index contributed by atoms with van der Waals surface area (Å²) in [5.41, 5.74) is 0. The number of aromatic amines is 1. The molecule has 0 amide bonds. The molecule has 15 heavy (non-hydrogen) atoms. The Bertz CT molecular complexity index is 414. The molecule has 0 aliphatic carbocycles. The highest BCUT2D eigenvalue weighted by Crippen LogP contribution is 2.15. The minimum atomic E-state index is -2.82. The quantitative estimate of drug-likeness (QED) is 0.740. The summed E-state index contributed by atoms with van der Waals surface area (Å²) in [6.07, 6.45) is 2.12. The molecule has 0 radical (unpaired) electrons. The first-order valence-corrected chi connectivity index (χ1v) is 6.71. The second-order valence-electron chi connectivity index (χ2n) is 3.86. The predicted octanol–water partition coefficient (Wildman–Crippen LogP) is -0.358. The topological polar surface area (TPSA) is 87.7 Å². The van der Waals surface area contributed by atoms with Crippen LogP contribution in [0.4, 0.5) is 0 Å². The van der Waals surface area contributed by atoms with E-state index in [-0.39, 0.29) is 23.6 Å². The van der Waals surface area contributed by atoms with Crippen LogP contribution in [0.15, 0.2) is 6.33 Å². The Hall–Kier alpha value is -0.950. The average Bonchev–Trinajstić information content (AvgIpc) is 2.74. The van der Waals surface area contributed by atoms with E-state index in [1.54, 1.807) is 0 Å². The predicted molar refractivity (Wildman–Crippen MR) is 55.0 cm³/mol. The number of nitrogens with one attached hydrogen (secondary N) is 2. The molecule has 0 aromatic carbocycles. The fourth-order valence-corrected chi connectivity index (χ4v) is 3.47. The maximum absolute atomic E-state index is 11.2. The van der Waals surface area contributed by atoms with Gasteiger partial charge < -0.3 is 5.32 Å². The van der Waals surface area contributed by atoms with E-state index in [9.17, 15) is 8.42 Å². The first-order chi connectivity index (χ1) is 7.07. The van der Waals surface area contributed by atoms with Gasteiger partial charge in [0.05, 0.1) is 17.5 Å². The summed E-state index contributed by atoms with van der Waals surface area (Å²) < 4.78 is 22.5. The fourth-order valence-electron chi connectivity index (χ4n) is 1.78. The molecule has 1 saturated heterocycles. The molecule has 1 fully saturated rings. The molecule has 2 atom stereocenters. The van der Waals surface area contributed by atoms with E-state index in [4.69, 9.17) is 0 Å². The minimum Gasteiger partial charge on any atom is -0.304 e. The Kier molecular flexibility index (Phi) is 2.74. The van der Waals surface area contributed by atoms with Crippen LogP contribution in [0.25, 0.3) is 0 Å². The first-order valence-electron chi connectivity index (χ1n) is 4.88. The van der Waals surface area contributed by atoms with Gasteiger partial charge in [-0.2, -0.15) is 5.10 Å². The van der Waals surface area contributed by atoms with Crippen LogP contribution in [0.2, 0.25) is 0 Å². The summed E-state index contributed by atoms with van der Waals surface area (Å²) in [6, 6.07) is 0.0425. The van der Waals surface area contributed by atoms with Gasteiger partial charge >= 0.3 is 0 Å². The van der Waals surface area contributed by atoms with Crippen molar-refractivity contribution in [2.24, 2.45) is 0 Å². The summed E-state index contributed by atoms with van der Waals surface area (Å²) >= 11 is 0. The Morgan fingerprint density at radius 2 is 2.47 bits per heavy atom. The van der Waals surface area contributed by atoms with E-state index in [1.807, 2.05) is 6.92 Å². The molecule has 0 saturated carbocycles. The van der Waals surface area contributed by atoms with Crippen molar-refractivity contribution in [3.05, 3.63) is 12.2 Å². The monoisotopic (exact) mass is 230 g/mol. The van der Waals surface area contributed by atoms with Crippen LogP contribution in [-0.4, -0.2) is 41.1 Å². The lowest BCUT2D eigenvalue weighted by atomic mass is 10.2. The molecule has 2 rings (SSSR count). The summed E-state index contributed by atoms with van der Waals surface area (Å²) in [5.74, 6) is 1.25. The molecule has 1 aliphatic rings. The van der Waals surface area contributed by atoms with E-state index in [1.165, 1.54) is 6.33 Å². The van der Waals surface area contributed by atoms with E-state index < -0.39 is 9.84 Å². The molecule has 2 unspecified atom stereocenters. The number of rotatable bonds is 3. The van der Waals surface area contributed by atoms with E-state index in [2.05, 4.69) is 20.5 Å². The Morgan fingerprint density at radius 3 is 3.00 bits per heavy atom. The third-order valence-corrected chi connectivity index (χ3v) is 4.33. The van der Waals surface area contributed by atoms with Crippen molar-refractivity contribution in [2.45, 2.75) is 25.4 Å². The molecule has 2 N–H and O–H groups in total. The van der Waals surface area contributed by atoms with Crippen LogP contribution in [0.1, 0.15) is 25.2 Å². The molecule has 0 spiro atoms. The van der Waals surface area contributed by atoms with Crippen LogP contribution >= 0.6 is 0 Å². The number of aromatic nitrogens is 3. The van der Waals surface area contributed by atoms with Gasteiger partial charge in [0, 0.05) is 6.04 Å². The zero-order valence-corrected chi connectivity index (χ0v) is 9.29. The number of H-pyrrole nitrogens is 1. The van der Waals surface area contributed by atoms with Crippen LogP contribution in [0, 0.1) is 0 Å². The first kappa shape index (κ1) is 10.6. The number of nitrogens with zero attached hydrogens (tertiary/aromatic N) is 2. The van der Waals surface area contributed by atoms with Gasteiger partial charge in [0.1, 0.15) is 12.2 Å². The van der Waals surface area contributed by atoms with E-state index in [0.29, 0.717) is 6.42 Å². The highest BCUT2D eigenvalue weighted by molar-refractivity contribution is 7.91. The van der Waals surface area contributed by atoms with Gasteiger partial charge in [-0.1, -0.05) is 0 Å². The van der Waals surface area contributed by atoms with Crippen molar-refractivity contribution in [3.63, 3.8) is 0 Å². The molecule has 84 valence electrons. The third-order valence-electron chi connectivity index (χ3n) is 2.56. The molecule has 6 nitrogen and oxygen atoms in total. The largest absolute Gasteiger partial charge is 0.304 e. The highest BCUT2D eigenvalue weighted by Gasteiger charge is 2.29. The standard InChI is InChI=1S/C8H14N4O2S/c1-6(8-9-5-10-12-8)11-7-2-3-15(13,14)4-7/h5-7,11H,2-4H2,1H3,(H,9,10,12). The highest BCUT2D eigenvalue weighted by atomic mass is 32.2. The van der Waals surface area contributed by atoms with Gasteiger partial charge in [-0.05, 0) is 13.3 Å². The van der Waals surface area contributed by atoms with Gasteiger partial charge in [-0.3, -0.25) is 5.10 Å². The zero-order chi connectivity index (χ0) is 10.9. The Labute approximate surface area is 88.4 Å². The van der Waals surface area contributed by atoms with Gasteiger partial charge in [-0.25, -0.2) is 13.4 Å². The molecular formula is C8H14N4O2S. The van der Waals surface area contributed by atoms with Crippen molar-refractivity contribution in [2.75, 3.05) is 11.5 Å². The molecule has 2 heterocycles. The van der Waals surface area contributed by atoms with Crippen molar-refractivity contribution in [1.29, 1.82) is 0 Å². The fraction of sp³-hybridized carbons (Fsp3) is 0.750. The van der Waals surface area contributed by atoms with Gasteiger partial charge in [-0.15, -0.1) is 0 Å². The lowest BCUT2D eigenvalue weighted by molar-refractivity contribution is 0.469. The summed E-state index contributed by atoms with van der Waals surface area (Å²) in [7, 11) is -2.82. The summed E-state index contributed by atoms with van der Waals surface area (Å²) in [4.78, 5) is 4.02. The summed E-state index contributed by atoms with van der Waals surface area (Å²) in [5, 5.41) is 9.73. The zero-order valence-electron chi connectivity index (χ0n) is 8.47. The van der Waals surface area contributed by atoms with Crippen molar-refractivity contribution in [1.82, 2.24) is 20.5 Å². The maximum atomic E-state index is 11.2. The second kappa shape index (κ2) is 3.90. The smallest absolute Gasteiger partial charge is 0.151 e. The number of hydrogen-bond donors (Lipinski definition) is 2. The van der Waals surface area contributed by atoms with E-state index >= 15 is 0 Å². The van der Waals surface area contributed by atoms with E-state index in [0.717, 1.165) is 5.82 Å². The van der Waals surface area contributed by atoms with Gasteiger partial charge in [0.15, 0.2) is 9.84 Å². The molecule has 1 aromatic rings. The SMILES string of the molecule is CC(NC1CCS(=O)(=O)C1)c1ncn[nH]1. The van der Waals surface area contributed by atoms with Crippen molar-refractivity contribution >= 4 is 9.84 Å². The molecule has 7 heteroatoms. The lowest BCUT2D eigenvalue weighted by Gasteiger charge is -2.15. The van der Waals surface area contributed by atoms with Crippen LogP contribution < -0.4 is 5.32 Å². The molecular weight excluding hydrogens is 216 g/mol. The normalized spacial score (nSPS) is 26.6. The third kappa shape index (κ3) is 2.54. The molecule has 0 bridgehead atoms. The average molecular weight is 230 g/mol. The van der Waals surface area contributed by atoms with Crippen molar-refractivity contribution < 1.29 is 8.42 Å². The Morgan fingerprint density at radius 1 is 1.67 bits per heavy atom. The maximum Gasteiger partial charge on any atom is 0.151 e. The second-order valence-corrected chi connectivity index (χ2v) is 6.09. The van der Waals surface area contributed by atoms with Gasteiger partial charge in [0.25, 0.3) is 0 Å². The van der Waals surface area contributed by atoms with Gasteiger partial charge in [0.2, 0.25) is 0 Å². The molecule has 1 aromatic heterocycles. The number of sulfone groups is 1. The van der Waals surface area contributed by atoms with Crippen molar-refractivity contribution in [3.8, 4) is 0 Å². The minimum absolute atomic E-state index is 0.00537.